The van der Waals surface area contributed by atoms with Crippen molar-refractivity contribution in [2.75, 3.05) is 19.0 Å². The van der Waals surface area contributed by atoms with Crippen molar-refractivity contribution in [3.63, 3.8) is 0 Å². The summed E-state index contributed by atoms with van der Waals surface area (Å²) >= 11 is 0. The second-order valence-electron chi connectivity index (χ2n) is 7.93. The van der Waals surface area contributed by atoms with Crippen LogP contribution in [0.15, 0.2) is 42.5 Å². The third-order valence-corrected chi connectivity index (χ3v) is 5.93. The number of para-hydroxylation sites is 1. The topological polar surface area (TPSA) is 60.8 Å². The quantitative estimate of drug-likeness (QED) is 0.823. The maximum atomic E-state index is 11.7. The third-order valence-electron chi connectivity index (χ3n) is 5.93. The first-order valence-electron chi connectivity index (χ1n) is 9.65. The van der Waals surface area contributed by atoms with Crippen molar-refractivity contribution in [3.05, 3.63) is 64.7 Å². The molecule has 0 aliphatic heterocycles. The van der Waals surface area contributed by atoms with Crippen molar-refractivity contribution >= 4 is 11.7 Å². The summed E-state index contributed by atoms with van der Waals surface area (Å²) < 4.78 is 0. The molecule has 27 heavy (non-hydrogen) atoms. The summed E-state index contributed by atoms with van der Waals surface area (Å²) in [5, 5.41) is 21.0. The van der Waals surface area contributed by atoms with Crippen molar-refractivity contribution in [1.29, 1.82) is 0 Å². The molecule has 0 saturated heterocycles. The van der Waals surface area contributed by atoms with Gasteiger partial charge in [-0.1, -0.05) is 43.2 Å². The third kappa shape index (κ3) is 3.86. The van der Waals surface area contributed by atoms with E-state index in [0.717, 1.165) is 31.2 Å². The number of rotatable bonds is 5. The van der Waals surface area contributed by atoms with Crippen LogP contribution in [0, 0.1) is 12.8 Å². The second kappa shape index (κ2) is 7.73. The SMILES string of the molecule is Cc1cc(C2(O)CCCCC2Cc2ccccc2N(C)C)ccc1C(=O)O. The molecule has 144 valence electrons. The monoisotopic (exact) mass is 367 g/mol. The molecule has 0 aromatic heterocycles. The number of carbonyl (C=O) groups is 1. The number of carboxylic acid groups (broad SMARTS) is 1. The van der Waals surface area contributed by atoms with Gasteiger partial charge in [-0.2, -0.15) is 0 Å². The van der Waals surface area contributed by atoms with Crippen LogP contribution in [0.2, 0.25) is 0 Å². The summed E-state index contributed by atoms with van der Waals surface area (Å²) in [6.07, 6.45) is 4.60. The number of aryl methyl sites for hydroxylation is 1. The highest BCUT2D eigenvalue weighted by molar-refractivity contribution is 5.89. The Balaban J connectivity index is 1.95. The van der Waals surface area contributed by atoms with E-state index in [0.29, 0.717) is 17.5 Å². The molecule has 1 aliphatic carbocycles. The fourth-order valence-corrected chi connectivity index (χ4v) is 4.44. The van der Waals surface area contributed by atoms with Crippen LogP contribution in [0.4, 0.5) is 5.69 Å². The van der Waals surface area contributed by atoms with Crippen LogP contribution >= 0.6 is 0 Å². The average molecular weight is 367 g/mol. The summed E-state index contributed by atoms with van der Waals surface area (Å²) in [7, 11) is 4.08. The number of carboxylic acids is 1. The molecule has 2 unspecified atom stereocenters. The summed E-state index contributed by atoms with van der Waals surface area (Å²) in [4.78, 5) is 13.4. The Kier molecular flexibility index (Phi) is 5.56. The maximum Gasteiger partial charge on any atom is 0.335 e. The molecule has 2 atom stereocenters. The molecule has 0 radical (unpaired) electrons. The van der Waals surface area contributed by atoms with Crippen LogP contribution in [-0.2, 0) is 12.0 Å². The highest BCUT2D eigenvalue weighted by Crippen LogP contribution is 2.44. The minimum atomic E-state index is -0.925. The Hall–Kier alpha value is -2.33. The molecule has 0 spiro atoms. The van der Waals surface area contributed by atoms with E-state index in [1.54, 1.807) is 19.1 Å². The molecule has 3 rings (SSSR count). The normalized spacial score (nSPS) is 22.4. The molecule has 1 saturated carbocycles. The Morgan fingerprint density at radius 2 is 1.93 bits per heavy atom. The standard InChI is InChI=1S/C23H29NO3/c1-16-14-19(11-12-20(16)22(25)26)23(27)13-7-6-9-18(23)15-17-8-4-5-10-21(17)24(2)3/h4-5,8,10-12,14,18,27H,6-7,9,13,15H2,1-3H3,(H,25,26). The van der Waals surface area contributed by atoms with Crippen LogP contribution in [-0.4, -0.2) is 30.3 Å². The van der Waals surface area contributed by atoms with Gasteiger partial charge in [0.1, 0.15) is 0 Å². The number of aromatic carboxylic acids is 1. The maximum absolute atomic E-state index is 11.7. The van der Waals surface area contributed by atoms with Crippen molar-refractivity contribution in [1.82, 2.24) is 0 Å². The van der Waals surface area contributed by atoms with Gasteiger partial charge in [0, 0.05) is 19.8 Å². The van der Waals surface area contributed by atoms with E-state index >= 15 is 0 Å². The van der Waals surface area contributed by atoms with Gasteiger partial charge in [-0.3, -0.25) is 0 Å². The fourth-order valence-electron chi connectivity index (χ4n) is 4.44. The molecule has 0 heterocycles. The predicted molar refractivity (Wildman–Crippen MR) is 108 cm³/mol. The molecule has 4 heteroatoms. The van der Waals surface area contributed by atoms with E-state index in [9.17, 15) is 15.0 Å². The van der Waals surface area contributed by atoms with Crippen LogP contribution in [0.1, 0.15) is 52.7 Å². The van der Waals surface area contributed by atoms with Crippen molar-refractivity contribution < 1.29 is 15.0 Å². The van der Waals surface area contributed by atoms with E-state index in [4.69, 9.17) is 0 Å². The summed E-state index contributed by atoms with van der Waals surface area (Å²) in [5.74, 6) is -0.812. The minimum Gasteiger partial charge on any atom is -0.478 e. The Labute approximate surface area is 161 Å². The summed E-state index contributed by atoms with van der Waals surface area (Å²) in [6.45, 7) is 1.80. The molecular weight excluding hydrogens is 338 g/mol. The van der Waals surface area contributed by atoms with E-state index < -0.39 is 11.6 Å². The van der Waals surface area contributed by atoms with Crippen LogP contribution in [0.5, 0.6) is 0 Å². The Bertz CT molecular complexity index is 830. The number of hydrogen-bond donors (Lipinski definition) is 2. The molecule has 2 aromatic rings. The first kappa shape index (κ1) is 19.4. The summed E-state index contributed by atoms with van der Waals surface area (Å²) in [5.41, 5.74) is 3.35. The highest BCUT2D eigenvalue weighted by Gasteiger charge is 2.40. The van der Waals surface area contributed by atoms with Crippen LogP contribution in [0.25, 0.3) is 0 Å². The average Bonchev–Trinajstić information content (AvgIpc) is 2.63. The van der Waals surface area contributed by atoms with Gasteiger partial charge in [0.2, 0.25) is 0 Å². The van der Waals surface area contributed by atoms with E-state index in [1.165, 1.54) is 11.3 Å². The molecule has 2 N–H and O–H groups in total. The molecule has 4 nitrogen and oxygen atoms in total. The Morgan fingerprint density at radius 1 is 1.19 bits per heavy atom. The lowest BCUT2D eigenvalue weighted by molar-refractivity contribution is -0.0542. The van der Waals surface area contributed by atoms with Crippen LogP contribution < -0.4 is 4.90 Å². The van der Waals surface area contributed by atoms with Crippen molar-refractivity contribution in [3.8, 4) is 0 Å². The van der Waals surface area contributed by atoms with E-state index in [-0.39, 0.29) is 5.92 Å². The zero-order valence-electron chi connectivity index (χ0n) is 16.4. The summed E-state index contributed by atoms with van der Waals surface area (Å²) in [6, 6.07) is 13.6. The molecule has 2 aromatic carbocycles. The van der Waals surface area contributed by atoms with Gasteiger partial charge in [-0.25, -0.2) is 4.79 Å². The van der Waals surface area contributed by atoms with Gasteiger partial charge < -0.3 is 15.1 Å². The number of benzene rings is 2. The Morgan fingerprint density at radius 3 is 2.59 bits per heavy atom. The highest BCUT2D eigenvalue weighted by atomic mass is 16.4. The van der Waals surface area contributed by atoms with Gasteiger partial charge in [-0.15, -0.1) is 0 Å². The molecule has 1 aliphatic rings. The minimum absolute atomic E-state index is 0.113. The number of nitrogens with zero attached hydrogens (tertiary/aromatic N) is 1. The number of anilines is 1. The van der Waals surface area contributed by atoms with Gasteiger partial charge in [0.15, 0.2) is 0 Å². The van der Waals surface area contributed by atoms with E-state index in [2.05, 4.69) is 23.1 Å². The molecule has 1 fully saturated rings. The van der Waals surface area contributed by atoms with Crippen molar-refractivity contribution in [2.45, 2.75) is 44.6 Å². The van der Waals surface area contributed by atoms with Gasteiger partial charge >= 0.3 is 5.97 Å². The van der Waals surface area contributed by atoms with E-state index in [1.807, 2.05) is 26.2 Å². The van der Waals surface area contributed by atoms with Gasteiger partial charge in [0.25, 0.3) is 0 Å². The van der Waals surface area contributed by atoms with Gasteiger partial charge in [0.05, 0.1) is 11.2 Å². The molecular formula is C23H29NO3. The first-order chi connectivity index (χ1) is 12.8. The number of hydrogen-bond acceptors (Lipinski definition) is 3. The zero-order valence-corrected chi connectivity index (χ0v) is 16.4. The number of aliphatic hydroxyl groups is 1. The molecule has 0 amide bonds. The van der Waals surface area contributed by atoms with Gasteiger partial charge in [-0.05, 0) is 60.9 Å². The molecule has 0 bridgehead atoms. The predicted octanol–water partition coefficient (Wildman–Crippen LogP) is 4.38. The first-order valence-corrected chi connectivity index (χ1v) is 9.65. The smallest absolute Gasteiger partial charge is 0.335 e. The fraction of sp³-hybridized carbons (Fsp3) is 0.435. The van der Waals surface area contributed by atoms with Crippen molar-refractivity contribution in [2.24, 2.45) is 5.92 Å². The zero-order chi connectivity index (χ0) is 19.6. The lowest BCUT2D eigenvalue weighted by atomic mass is 9.69. The lowest BCUT2D eigenvalue weighted by Crippen LogP contribution is -2.39. The second-order valence-corrected chi connectivity index (χ2v) is 7.93. The largest absolute Gasteiger partial charge is 0.478 e. The lowest BCUT2D eigenvalue weighted by Gasteiger charge is -2.41. The van der Waals surface area contributed by atoms with Crippen LogP contribution in [0.3, 0.4) is 0 Å².